The van der Waals surface area contributed by atoms with E-state index in [9.17, 15) is 0 Å². The minimum Gasteiger partial charge on any atom is -0.476 e. The van der Waals surface area contributed by atoms with Crippen molar-refractivity contribution in [2.45, 2.75) is 25.9 Å². The van der Waals surface area contributed by atoms with Crippen molar-refractivity contribution in [1.82, 2.24) is 4.98 Å². The average molecular weight is 263 g/mol. The molecule has 1 atom stereocenters. The van der Waals surface area contributed by atoms with Crippen LogP contribution in [-0.4, -0.2) is 37.4 Å². The van der Waals surface area contributed by atoms with E-state index in [4.69, 9.17) is 15.2 Å². The summed E-state index contributed by atoms with van der Waals surface area (Å²) in [5.74, 6) is 2.20. The highest BCUT2D eigenvalue weighted by atomic mass is 16.5. The molecule has 104 valence electrons. The van der Waals surface area contributed by atoms with E-state index in [0.29, 0.717) is 17.5 Å². The maximum absolute atomic E-state index is 5.92. The molecule has 1 aromatic heterocycles. The number of pyridine rings is 1. The lowest BCUT2D eigenvalue weighted by atomic mass is 10.3. The van der Waals surface area contributed by atoms with Crippen LogP contribution in [0.3, 0.4) is 0 Å². The van der Waals surface area contributed by atoms with Crippen LogP contribution < -0.4 is 15.4 Å². The van der Waals surface area contributed by atoms with E-state index in [-0.39, 0.29) is 6.10 Å². The van der Waals surface area contributed by atoms with Crippen molar-refractivity contribution in [3.05, 3.63) is 12.1 Å². The summed E-state index contributed by atoms with van der Waals surface area (Å²) in [6.45, 7) is 5.28. The Balaban J connectivity index is 1.71. The molecule has 0 spiro atoms. The third-order valence-electron chi connectivity index (χ3n) is 3.59. The van der Waals surface area contributed by atoms with Gasteiger partial charge in [0.05, 0.1) is 25.0 Å². The lowest BCUT2D eigenvalue weighted by Gasteiger charge is -2.32. The van der Waals surface area contributed by atoms with Gasteiger partial charge >= 0.3 is 0 Å². The number of morpholine rings is 1. The number of nitrogen functional groups attached to an aromatic ring is 1. The van der Waals surface area contributed by atoms with Gasteiger partial charge in [-0.1, -0.05) is 0 Å². The van der Waals surface area contributed by atoms with Gasteiger partial charge in [-0.25, -0.2) is 0 Å². The maximum Gasteiger partial charge on any atom is 0.239 e. The Hall–Kier alpha value is -1.49. The largest absolute Gasteiger partial charge is 0.476 e. The smallest absolute Gasteiger partial charge is 0.239 e. The Morgan fingerprint density at radius 3 is 3.05 bits per heavy atom. The van der Waals surface area contributed by atoms with Crippen molar-refractivity contribution in [2.75, 3.05) is 36.9 Å². The van der Waals surface area contributed by atoms with Crippen molar-refractivity contribution in [1.29, 1.82) is 0 Å². The van der Waals surface area contributed by atoms with Gasteiger partial charge < -0.3 is 20.1 Å². The van der Waals surface area contributed by atoms with E-state index < -0.39 is 0 Å². The Labute approximate surface area is 113 Å². The monoisotopic (exact) mass is 263 g/mol. The summed E-state index contributed by atoms with van der Waals surface area (Å²) < 4.78 is 11.3. The Kier molecular flexibility index (Phi) is 3.46. The number of aromatic nitrogens is 1. The predicted octanol–water partition coefficient (Wildman–Crippen LogP) is 1.68. The standard InChI is InChI=1S/C14H21N3O2/c1-10-8-17(6-7-18-10)13-5-4-12(15)14(16-13)19-9-11-2-3-11/h4-5,10-11H,2-3,6-9,15H2,1H3. The summed E-state index contributed by atoms with van der Waals surface area (Å²) in [5.41, 5.74) is 6.54. The summed E-state index contributed by atoms with van der Waals surface area (Å²) in [4.78, 5) is 6.77. The number of nitrogens with two attached hydrogens (primary N) is 1. The van der Waals surface area contributed by atoms with Crippen molar-refractivity contribution in [2.24, 2.45) is 5.92 Å². The zero-order chi connectivity index (χ0) is 13.2. The van der Waals surface area contributed by atoms with Crippen molar-refractivity contribution < 1.29 is 9.47 Å². The van der Waals surface area contributed by atoms with Crippen LogP contribution in [0.4, 0.5) is 11.5 Å². The fourth-order valence-corrected chi connectivity index (χ4v) is 2.24. The van der Waals surface area contributed by atoms with Crippen LogP contribution in [-0.2, 0) is 4.74 Å². The molecule has 1 aliphatic carbocycles. The highest BCUT2D eigenvalue weighted by Gasteiger charge is 2.23. The minimum absolute atomic E-state index is 0.240. The van der Waals surface area contributed by atoms with Crippen LogP contribution in [0.5, 0.6) is 5.88 Å². The molecule has 1 unspecified atom stereocenters. The van der Waals surface area contributed by atoms with Gasteiger partial charge in [0.25, 0.3) is 0 Å². The second-order valence-electron chi connectivity index (χ2n) is 5.45. The van der Waals surface area contributed by atoms with Gasteiger partial charge in [0.1, 0.15) is 5.82 Å². The zero-order valence-electron chi connectivity index (χ0n) is 11.3. The number of rotatable bonds is 4. The van der Waals surface area contributed by atoms with Gasteiger partial charge in [-0.2, -0.15) is 4.98 Å². The van der Waals surface area contributed by atoms with Crippen LogP contribution in [0, 0.1) is 5.92 Å². The van der Waals surface area contributed by atoms with Crippen LogP contribution in [0.15, 0.2) is 12.1 Å². The zero-order valence-corrected chi connectivity index (χ0v) is 11.3. The first-order valence-corrected chi connectivity index (χ1v) is 6.98. The molecule has 5 nitrogen and oxygen atoms in total. The number of ether oxygens (including phenoxy) is 2. The Morgan fingerprint density at radius 1 is 1.47 bits per heavy atom. The van der Waals surface area contributed by atoms with E-state index in [1.54, 1.807) is 0 Å². The molecular weight excluding hydrogens is 242 g/mol. The highest BCUT2D eigenvalue weighted by Crippen LogP contribution is 2.31. The molecule has 5 heteroatoms. The first-order valence-electron chi connectivity index (χ1n) is 6.98. The second-order valence-corrected chi connectivity index (χ2v) is 5.45. The number of anilines is 2. The summed E-state index contributed by atoms with van der Waals surface area (Å²) in [6, 6.07) is 3.84. The molecule has 2 N–H and O–H groups in total. The predicted molar refractivity (Wildman–Crippen MR) is 74.5 cm³/mol. The molecule has 2 heterocycles. The summed E-state index contributed by atoms with van der Waals surface area (Å²) in [7, 11) is 0. The minimum atomic E-state index is 0.240. The van der Waals surface area contributed by atoms with Crippen molar-refractivity contribution in [3.8, 4) is 5.88 Å². The molecular formula is C14H21N3O2. The third-order valence-corrected chi connectivity index (χ3v) is 3.59. The quantitative estimate of drug-likeness (QED) is 0.895. The molecule has 2 fully saturated rings. The van der Waals surface area contributed by atoms with Crippen LogP contribution in [0.25, 0.3) is 0 Å². The summed E-state index contributed by atoms with van der Waals surface area (Å²) in [5, 5.41) is 0. The van der Waals surface area contributed by atoms with E-state index in [1.807, 2.05) is 12.1 Å². The fourth-order valence-electron chi connectivity index (χ4n) is 2.24. The van der Waals surface area contributed by atoms with Gasteiger partial charge in [-0.05, 0) is 37.8 Å². The van der Waals surface area contributed by atoms with Gasteiger partial charge in [-0.3, -0.25) is 0 Å². The number of nitrogens with zero attached hydrogens (tertiary/aromatic N) is 2. The van der Waals surface area contributed by atoms with Gasteiger partial charge in [-0.15, -0.1) is 0 Å². The normalized spacial score (nSPS) is 23.4. The van der Waals surface area contributed by atoms with Crippen molar-refractivity contribution >= 4 is 11.5 Å². The van der Waals surface area contributed by atoms with Crippen molar-refractivity contribution in [3.63, 3.8) is 0 Å². The van der Waals surface area contributed by atoms with E-state index in [1.165, 1.54) is 12.8 Å². The molecule has 1 saturated heterocycles. The summed E-state index contributed by atoms with van der Waals surface area (Å²) >= 11 is 0. The number of hydrogen-bond acceptors (Lipinski definition) is 5. The first kappa shape index (κ1) is 12.5. The van der Waals surface area contributed by atoms with E-state index in [2.05, 4.69) is 16.8 Å². The molecule has 0 aromatic carbocycles. The summed E-state index contributed by atoms with van der Waals surface area (Å²) in [6.07, 6.45) is 2.77. The van der Waals surface area contributed by atoms with Gasteiger partial charge in [0.2, 0.25) is 5.88 Å². The average Bonchev–Trinajstić information content (AvgIpc) is 3.22. The van der Waals surface area contributed by atoms with Gasteiger partial charge in [0.15, 0.2) is 0 Å². The molecule has 0 amide bonds. The van der Waals surface area contributed by atoms with Gasteiger partial charge in [0, 0.05) is 13.1 Å². The molecule has 3 rings (SSSR count). The van der Waals surface area contributed by atoms with Crippen LogP contribution in [0.1, 0.15) is 19.8 Å². The molecule has 1 aromatic rings. The molecule has 2 aliphatic rings. The topological polar surface area (TPSA) is 60.6 Å². The lowest BCUT2D eigenvalue weighted by Crippen LogP contribution is -2.41. The second kappa shape index (κ2) is 5.25. The third kappa shape index (κ3) is 3.10. The first-order chi connectivity index (χ1) is 9.22. The van der Waals surface area contributed by atoms with E-state index in [0.717, 1.165) is 32.1 Å². The molecule has 1 aliphatic heterocycles. The lowest BCUT2D eigenvalue weighted by molar-refractivity contribution is 0.0529. The van der Waals surface area contributed by atoms with Crippen LogP contribution >= 0.6 is 0 Å². The molecule has 0 radical (unpaired) electrons. The highest BCUT2D eigenvalue weighted by molar-refractivity contribution is 5.54. The Morgan fingerprint density at radius 2 is 2.32 bits per heavy atom. The SMILES string of the molecule is CC1CN(c2ccc(N)c(OCC3CC3)n2)CCO1. The van der Waals surface area contributed by atoms with Crippen LogP contribution in [0.2, 0.25) is 0 Å². The maximum atomic E-state index is 5.92. The van der Waals surface area contributed by atoms with E-state index >= 15 is 0 Å². The fraction of sp³-hybridized carbons (Fsp3) is 0.643. The Bertz CT molecular complexity index is 448. The molecule has 1 saturated carbocycles. The molecule has 0 bridgehead atoms. The number of hydrogen-bond donors (Lipinski definition) is 1. The molecule has 19 heavy (non-hydrogen) atoms.